The van der Waals surface area contributed by atoms with Gasteiger partial charge in [-0.25, -0.2) is 5.48 Å². The van der Waals surface area contributed by atoms with Crippen molar-refractivity contribution in [2.45, 2.75) is 63.8 Å². The van der Waals surface area contributed by atoms with Crippen molar-refractivity contribution in [3.63, 3.8) is 0 Å². The van der Waals surface area contributed by atoms with Gasteiger partial charge in [-0.3, -0.25) is 9.74 Å². The van der Waals surface area contributed by atoms with Gasteiger partial charge in [-0.15, -0.1) is 0 Å². The molecule has 0 spiro atoms. The van der Waals surface area contributed by atoms with Gasteiger partial charge < -0.3 is 0 Å². The molecule has 2 bridgehead atoms. The van der Waals surface area contributed by atoms with Crippen molar-refractivity contribution >= 4 is 0 Å². The lowest BCUT2D eigenvalue weighted by molar-refractivity contribution is -0.0681. The standard InChI is InChI=1S/C11H22N2O/c1-8(2)13-9-4-5-10(13)7-11(6-9)14-12-3/h8-12H,4-7H2,1-3H3/t9-,10+,11-. The van der Waals surface area contributed by atoms with E-state index in [1.54, 1.807) is 0 Å². The summed E-state index contributed by atoms with van der Waals surface area (Å²) in [4.78, 5) is 8.21. The van der Waals surface area contributed by atoms with Crippen LogP contribution in [0.3, 0.4) is 0 Å². The fourth-order valence-electron chi connectivity index (χ4n) is 3.27. The third-order valence-electron chi connectivity index (χ3n) is 3.63. The molecule has 0 aromatic carbocycles. The maximum atomic E-state index is 5.52. The molecule has 0 aromatic heterocycles. The Morgan fingerprint density at radius 3 is 2.21 bits per heavy atom. The second-order valence-electron chi connectivity index (χ2n) is 4.84. The molecule has 2 fully saturated rings. The summed E-state index contributed by atoms with van der Waals surface area (Å²) in [6, 6.07) is 2.24. The van der Waals surface area contributed by atoms with Gasteiger partial charge in [0.25, 0.3) is 0 Å². The Morgan fingerprint density at radius 2 is 1.79 bits per heavy atom. The van der Waals surface area contributed by atoms with Crippen molar-refractivity contribution in [2.75, 3.05) is 7.05 Å². The van der Waals surface area contributed by atoms with Gasteiger partial charge in [0.1, 0.15) is 0 Å². The molecule has 2 aliphatic rings. The smallest absolute Gasteiger partial charge is 0.0820 e. The molecule has 2 heterocycles. The number of hydrogen-bond donors (Lipinski definition) is 1. The van der Waals surface area contributed by atoms with Gasteiger partial charge in [0, 0.05) is 25.2 Å². The Hall–Kier alpha value is -0.120. The number of hydroxylamine groups is 1. The molecule has 3 atom stereocenters. The summed E-state index contributed by atoms with van der Waals surface area (Å²) in [5.74, 6) is 0. The van der Waals surface area contributed by atoms with Crippen LogP contribution in [0.15, 0.2) is 0 Å². The third-order valence-corrected chi connectivity index (χ3v) is 3.63. The largest absolute Gasteiger partial charge is 0.299 e. The van der Waals surface area contributed by atoms with Crippen molar-refractivity contribution in [2.24, 2.45) is 0 Å². The molecule has 0 unspecified atom stereocenters. The van der Waals surface area contributed by atoms with E-state index in [9.17, 15) is 0 Å². The lowest BCUT2D eigenvalue weighted by Gasteiger charge is -2.40. The number of fused-ring (bicyclic) bond motifs is 2. The number of nitrogens with one attached hydrogen (secondary N) is 1. The molecule has 2 saturated heterocycles. The van der Waals surface area contributed by atoms with Crippen LogP contribution in [0.1, 0.15) is 39.5 Å². The maximum Gasteiger partial charge on any atom is 0.0820 e. The summed E-state index contributed by atoms with van der Waals surface area (Å²) in [6.07, 6.45) is 5.58. The van der Waals surface area contributed by atoms with Gasteiger partial charge in [0.05, 0.1) is 6.10 Å². The highest BCUT2D eigenvalue weighted by atomic mass is 16.7. The summed E-state index contributed by atoms with van der Waals surface area (Å²) in [7, 11) is 1.86. The molecule has 2 rings (SSSR count). The van der Waals surface area contributed by atoms with Crippen LogP contribution in [0.25, 0.3) is 0 Å². The number of piperidine rings is 1. The zero-order valence-electron chi connectivity index (χ0n) is 9.49. The quantitative estimate of drug-likeness (QED) is 0.696. The van der Waals surface area contributed by atoms with Crippen LogP contribution in [0, 0.1) is 0 Å². The number of nitrogens with zero attached hydrogens (tertiary/aromatic N) is 1. The van der Waals surface area contributed by atoms with Crippen LogP contribution in [0.4, 0.5) is 0 Å². The summed E-state index contributed by atoms with van der Waals surface area (Å²) in [6.45, 7) is 4.62. The first kappa shape index (κ1) is 10.4. The van der Waals surface area contributed by atoms with Gasteiger partial charge >= 0.3 is 0 Å². The van der Waals surface area contributed by atoms with E-state index in [1.165, 1.54) is 25.7 Å². The molecule has 3 nitrogen and oxygen atoms in total. The highest BCUT2D eigenvalue weighted by molar-refractivity contribution is 4.96. The molecular weight excluding hydrogens is 176 g/mol. The molecule has 2 aliphatic heterocycles. The molecule has 0 aromatic rings. The molecule has 82 valence electrons. The number of hydrogen-bond acceptors (Lipinski definition) is 3. The Bertz CT molecular complexity index is 182. The SMILES string of the molecule is CNO[C@@H]1C[C@H]2CC[C@@H](C1)N2C(C)C. The summed E-state index contributed by atoms with van der Waals surface area (Å²) in [5.41, 5.74) is 2.83. The van der Waals surface area contributed by atoms with Gasteiger partial charge in [-0.05, 0) is 39.5 Å². The summed E-state index contributed by atoms with van der Waals surface area (Å²) < 4.78 is 0. The van der Waals surface area contributed by atoms with Gasteiger partial charge in [-0.2, -0.15) is 0 Å². The van der Waals surface area contributed by atoms with Crippen molar-refractivity contribution in [3.05, 3.63) is 0 Å². The lowest BCUT2D eigenvalue weighted by atomic mass is 9.98. The van der Waals surface area contributed by atoms with Crippen LogP contribution in [0.2, 0.25) is 0 Å². The molecule has 3 heteroatoms. The zero-order chi connectivity index (χ0) is 10.1. The van der Waals surface area contributed by atoms with Crippen molar-refractivity contribution < 1.29 is 4.84 Å². The zero-order valence-corrected chi connectivity index (χ0v) is 9.49. The van der Waals surface area contributed by atoms with Crippen LogP contribution < -0.4 is 5.48 Å². The van der Waals surface area contributed by atoms with Crippen molar-refractivity contribution in [3.8, 4) is 0 Å². The topological polar surface area (TPSA) is 24.5 Å². The molecule has 0 saturated carbocycles. The Morgan fingerprint density at radius 1 is 1.21 bits per heavy atom. The van der Waals surface area contributed by atoms with E-state index in [4.69, 9.17) is 4.84 Å². The molecule has 14 heavy (non-hydrogen) atoms. The predicted molar refractivity (Wildman–Crippen MR) is 57.0 cm³/mol. The molecule has 1 N–H and O–H groups in total. The average molecular weight is 198 g/mol. The van der Waals surface area contributed by atoms with Crippen LogP contribution in [-0.4, -0.2) is 36.2 Å². The first-order chi connectivity index (χ1) is 6.72. The highest BCUT2D eigenvalue weighted by Crippen LogP contribution is 2.37. The minimum atomic E-state index is 0.437. The van der Waals surface area contributed by atoms with Gasteiger partial charge in [-0.1, -0.05) is 0 Å². The predicted octanol–water partition coefficient (Wildman–Crippen LogP) is 1.54. The minimum absolute atomic E-state index is 0.437. The Kier molecular flexibility index (Phi) is 3.10. The molecule has 0 amide bonds. The van der Waals surface area contributed by atoms with Crippen molar-refractivity contribution in [1.82, 2.24) is 10.4 Å². The average Bonchev–Trinajstić information content (AvgIpc) is 2.39. The second-order valence-corrected chi connectivity index (χ2v) is 4.84. The molecule has 0 radical (unpaired) electrons. The van der Waals surface area contributed by atoms with Crippen LogP contribution >= 0.6 is 0 Å². The first-order valence-corrected chi connectivity index (χ1v) is 5.82. The monoisotopic (exact) mass is 198 g/mol. The van der Waals surface area contributed by atoms with Crippen LogP contribution in [0.5, 0.6) is 0 Å². The summed E-state index contributed by atoms with van der Waals surface area (Å²) >= 11 is 0. The Labute approximate surface area is 86.8 Å². The maximum absolute atomic E-state index is 5.52. The minimum Gasteiger partial charge on any atom is -0.299 e. The van der Waals surface area contributed by atoms with E-state index >= 15 is 0 Å². The van der Waals surface area contributed by atoms with E-state index in [-0.39, 0.29) is 0 Å². The highest BCUT2D eigenvalue weighted by Gasteiger charge is 2.42. The first-order valence-electron chi connectivity index (χ1n) is 5.82. The van der Waals surface area contributed by atoms with E-state index in [0.717, 1.165) is 12.1 Å². The molecular formula is C11H22N2O. The Balaban J connectivity index is 1.97. The van der Waals surface area contributed by atoms with Crippen molar-refractivity contribution in [1.29, 1.82) is 0 Å². The van der Waals surface area contributed by atoms with Crippen LogP contribution in [-0.2, 0) is 4.84 Å². The second kappa shape index (κ2) is 4.17. The van der Waals surface area contributed by atoms with E-state index in [2.05, 4.69) is 24.2 Å². The summed E-state index contributed by atoms with van der Waals surface area (Å²) in [5, 5.41) is 0. The third kappa shape index (κ3) is 1.81. The number of rotatable bonds is 3. The fourth-order valence-corrected chi connectivity index (χ4v) is 3.27. The van der Waals surface area contributed by atoms with E-state index < -0.39 is 0 Å². The van der Waals surface area contributed by atoms with Gasteiger partial charge in [0.15, 0.2) is 0 Å². The van der Waals surface area contributed by atoms with Gasteiger partial charge in [0.2, 0.25) is 0 Å². The normalized spacial score (nSPS) is 38.1. The molecule has 0 aliphatic carbocycles. The lowest BCUT2D eigenvalue weighted by Crippen LogP contribution is -2.49. The van der Waals surface area contributed by atoms with E-state index in [0.29, 0.717) is 12.1 Å². The fraction of sp³-hybridized carbons (Fsp3) is 1.00. The van der Waals surface area contributed by atoms with E-state index in [1.807, 2.05) is 7.05 Å².